The molecule has 0 fully saturated rings. The monoisotopic (exact) mass is 361 g/mol. The topological polar surface area (TPSA) is 85.1 Å². The van der Waals surface area contributed by atoms with E-state index in [1.54, 1.807) is 18.0 Å². The Kier molecular flexibility index (Phi) is 7.64. The van der Waals surface area contributed by atoms with Crippen LogP contribution in [0.15, 0.2) is 53.7 Å². The zero-order chi connectivity index (χ0) is 17.2. The summed E-state index contributed by atoms with van der Waals surface area (Å²) in [6, 6.07) is 11.7. The third-order valence-corrected chi connectivity index (χ3v) is 5.05. The van der Waals surface area contributed by atoms with Crippen molar-refractivity contribution in [3.63, 3.8) is 0 Å². The SMILES string of the molecule is NC(=O)CSCCC(=O)Nc1ccc(SCc2cccnc2)cc1. The van der Waals surface area contributed by atoms with Crippen LogP contribution in [0, 0.1) is 0 Å². The highest BCUT2D eigenvalue weighted by Gasteiger charge is 2.04. The van der Waals surface area contributed by atoms with Crippen molar-refractivity contribution in [2.75, 3.05) is 16.8 Å². The van der Waals surface area contributed by atoms with Gasteiger partial charge in [-0.25, -0.2) is 0 Å². The molecule has 2 amide bonds. The highest BCUT2D eigenvalue weighted by atomic mass is 32.2. The number of pyridine rings is 1. The number of nitrogens with two attached hydrogens (primary N) is 1. The minimum absolute atomic E-state index is 0.0669. The fourth-order valence-electron chi connectivity index (χ4n) is 1.85. The first-order valence-electron chi connectivity index (χ1n) is 7.41. The van der Waals surface area contributed by atoms with E-state index in [4.69, 9.17) is 5.73 Å². The summed E-state index contributed by atoms with van der Waals surface area (Å²) in [4.78, 5) is 27.6. The molecule has 3 N–H and O–H groups in total. The average molecular weight is 361 g/mol. The molecule has 0 aliphatic rings. The first-order valence-corrected chi connectivity index (χ1v) is 9.55. The molecule has 1 aromatic carbocycles. The van der Waals surface area contributed by atoms with Gasteiger partial charge >= 0.3 is 0 Å². The van der Waals surface area contributed by atoms with Crippen LogP contribution < -0.4 is 11.1 Å². The predicted molar refractivity (Wildman–Crippen MR) is 100 cm³/mol. The Bertz CT molecular complexity index is 663. The number of aromatic nitrogens is 1. The van der Waals surface area contributed by atoms with Crippen LogP contribution in [0.25, 0.3) is 0 Å². The molecule has 126 valence electrons. The molecule has 0 aliphatic carbocycles. The van der Waals surface area contributed by atoms with E-state index in [2.05, 4.69) is 10.3 Å². The van der Waals surface area contributed by atoms with Crippen molar-refractivity contribution < 1.29 is 9.59 Å². The van der Waals surface area contributed by atoms with E-state index in [9.17, 15) is 9.59 Å². The lowest BCUT2D eigenvalue weighted by Gasteiger charge is -2.06. The summed E-state index contributed by atoms with van der Waals surface area (Å²) in [7, 11) is 0. The van der Waals surface area contributed by atoms with Crippen molar-refractivity contribution in [2.45, 2.75) is 17.1 Å². The second-order valence-electron chi connectivity index (χ2n) is 4.99. The lowest BCUT2D eigenvalue weighted by atomic mass is 10.3. The number of nitrogens with one attached hydrogen (secondary N) is 1. The van der Waals surface area contributed by atoms with Gasteiger partial charge in [0.25, 0.3) is 0 Å². The predicted octanol–water partition coefficient (Wildman–Crippen LogP) is 2.92. The molecule has 2 aromatic rings. The zero-order valence-electron chi connectivity index (χ0n) is 13.1. The molecule has 7 heteroatoms. The van der Waals surface area contributed by atoms with E-state index in [1.807, 2.05) is 42.6 Å². The second kappa shape index (κ2) is 10.00. The van der Waals surface area contributed by atoms with Gasteiger partial charge in [-0.15, -0.1) is 11.8 Å². The molecule has 0 bridgehead atoms. The third kappa shape index (κ3) is 7.06. The molecule has 2 rings (SSSR count). The number of nitrogens with zero attached hydrogens (tertiary/aromatic N) is 1. The normalized spacial score (nSPS) is 10.3. The smallest absolute Gasteiger partial charge is 0.227 e. The largest absolute Gasteiger partial charge is 0.369 e. The number of carbonyl (C=O) groups is 2. The molecule has 0 atom stereocenters. The Morgan fingerprint density at radius 3 is 2.62 bits per heavy atom. The van der Waals surface area contributed by atoms with Crippen molar-refractivity contribution in [3.8, 4) is 0 Å². The first-order chi connectivity index (χ1) is 11.6. The highest BCUT2D eigenvalue weighted by Crippen LogP contribution is 2.24. The molecule has 0 saturated carbocycles. The number of hydrogen-bond donors (Lipinski definition) is 2. The number of hydrogen-bond acceptors (Lipinski definition) is 5. The van der Waals surface area contributed by atoms with Crippen LogP contribution >= 0.6 is 23.5 Å². The Hall–Kier alpha value is -1.99. The van der Waals surface area contributed by atoms with Crippen LogP contribution in [-0.2, 0) is 15.3 Å². The summed E-state index contributed by atoms with van der Waals surface area (Å²) >= 11 is 3.08. The van der Waals surface area contributed by atoms with Gasteiger partial charge in [-0.05, 0) is 35.9 Å². The quantitative estimate of drug-likeness (QED) is 0.530. The summed E-state index contributed by atoms with van der Waals surface area (Å²) in [5.41, 5.74) is 6.99. The first kappa shape index (κ1) is 18.4. The van der Waals surface area contributed by atoms with Crippen LogP contribution in [0.2, 0.25) is 0 Å². The molecule has 0 saturated heterocycles. The highest BCUT2D eigenvalue weighted by molar-refractivity contribution is 8.00. The molecule has 24 heavy (non-hydrogen) atoms. The van der Waals surface area contributed by atoms with E-state index >= 15 is 0 Å². The molecular weight excluding hydrogens is 342 g/mol. The van der Waals surface area contributed by atoms with Crippen molar-refractivity contribution in [1.29, 1.82) is 0 Å². The number of amides is 2. The Morgan fingerprint density at radius 2 is 1.96 bits per heavy atom. The maximum absolute atomic E-state index is 11.8. The van der Waals surface area contributed by atoms with E-state index in [1.165, 1.54) is 17.3 Å². The van der Waals surface area contributed by atoms with Gasteiger partial charge in [0.1, 0.15) is 0 Å². The maximum atomic E-state index is 11.8. The Morgan fingerprint density at radius 1 is 1.17 bits per heavy atom. The average Bonchev–Trinajstić information content (AvgIpc) is 2.59. The maximum Gasteiger partial charge on any atom is 0.227 e. The number of primary amides is 1. The molecule has 0 aliphatic heterocycles. The summed E-state index contributed by atoms with van der Waals surface area (Å²) < 4.78 is 0. The molecule has 0 radical (unpaired) electrons. The fraction of sp³-hybridized carbons (Fsp3) is 0.235. The van der Waals surface area contributed by atoms with Crippen molar-refractivity contribution >= 4 is 41.0 Å². The van der Waals surface area contributed by atoms with E-state index < -0.39 is 0 Å². The molecule has 1 heterocycles. The zero-order valence-corrected chi connectivity index (χ0v) is 14.7. The van der Waals surface area contributed by atoms with Gasteiger partial charge in [0.05, 0.1) is 5.75 Å². The van der Waals surface area contributed by atoms with Crippen LogP contribution in [0.5, 0.6) is 0 Å². The van der Waals surface area contributed by atoms with Gasteiger partial charge in [-0.3, -0.25) is 14.6 Å². The molecular formula is C17H19N3O2S2. The lowest BCUT2D eigenvalue weighted by molar-refractivity contribution is -0.116. The van der Waals surface area contributed by atoms with Crippen LogP contribution in [0.1, 0.15) is 12.0 Å². The molecule has 0 spiro atoms. The lowest BCUT2D eigenvalue weighted by Crippen LogP contribution is -2.15. The van der Waals surface area contributed by atoms with Crippen LogP contribution in [0.4, 0.5) is 5.69 Å². The van der Waals surface area contributed by atoms with Gasteiger partial charge in [-0.1, -0.05) is 6.07 Å². The van der Waals surface area contributed by atoms with E-state index in [-0.39, 0.29) is 17.6 Å². The van der Waals surface area contributed by atoms with Crippen molar-refractivity contribution in [2.24, 2.45) is 5.73 Å². The minimum atomic E-state index is -0.361. The van der Waals surface area contributed by atoms with Crippen LogP contribution in [-0.4, -0.2) is 28.3 Å². The van der Waals surface area contributed by atoms with Gasteiger partial charge in [0.2, 0.25) is 11.8 Å². The number of thioether (sulfide) groups is 2. The number of carbonyl (C=O) groups excluding carboxylic acids is 2. The van der Waals surface area contributed by atoms with Gasteiger partial charge in [0, 0.05) is 40.9 Å². The van der Waals surface area contributed by atoms with Crippen LogP contribution in [0.3, 0.4) is 0 Å². The standard InChI is InChI=1S/C17H19N3O2S2/c18-16(21)12-23-9-7-17(22)20-14-3-5-15(6-4-14)24-11-13-2-1-8-19-10-13/h1-6,8,10H,7,9,11-12H2,(H2,18,21)(H,20,22). The third-order valence-electron chi connectivity index (χ3n) is 2.98. The molecule has 1 aromatic heterocycles. The number of benzene rings is 1. The van der Waals surface area contributed by atoms with Crippen molar-refractivity contribution in [1.82, 2.24) is 4.98 Å². The van der Waals surface area contributed by atoms with Gasteiger partial charge < -0.3 is 11.1 Å². The van der Waals surface area contributed by atoms with E-state index in [0.29, 0.717) is 12.2 Å². The van der Waals surface area contributed by atoms with E-state index in [0.717, 1.165) is 16.3 Å². The number of anilines is 1. The minimum Gasteiger partial charge on any atom is -0.369 e. The molecule has 0 unspecified atom stereocenters. The fourth-order valence-corrected chi connectivity index (χ4v) is 3.35. The number of rotatable bonds is 9. The van der Waals surface area contributed by atoms with Crippen molar-refractivity contribution in [3.05, 3.63) is 54.4 Å². The Labute approximate surface area is 149 Å². The summed E-state index contributed by atoms with van der Waals surface area (Å²) in [6.45, 7) is 0. The summed E-state index contributed by atoms with van der Waals surface area (Å²) in [5, 5.41) is 2.84. The summed E-state index contributed by atoms with van der Waals surface area (Å²) in [6.07, 6.45) is 3.98. The Balaban J connectivity index is 1.73. The second-order valence-corrected chi connectivity index (χ2v) is 7.15. The summed E-state index contributed by atoms with van der Waals surface area (Å²) in [5.74, 6) is 1.25. The van der Waals surface area contributed by atoms with Gasteiger partial charge in [-0.2, -0.15) is 11.8 Å². The molecule has 5 nitrogen and oxygen atoms in total. The van der Waals surface area contributed by atoms with Gasteiger partial charge in [0.15, 0.2) is 0 Å².